The summed E-state index contributed by atoms with van der Waals surface area (Å²) < 4.78 is 10.8. The highest BCUT2D eigenvalue weighted by molar-refractivity contribution is 7.80. The van der Waals surface area contributed by atoms with Gasteiger partial charge in [-0.1, -0.05) is 6.07 Å². The quantitative estimate of drug-likeness (QED) is 0.592. The highest BCUT2D eigenvalue weighted by Crippen LogP contribution is 2.17. The summed E-state index contributed by atoms with van der Waals surface area (Å²) >= 11 is 5.32. The first-order valence-corrected chi connectivity index (χ1v) is 8.26. The van der Waals surface area contributed by atoms with Crippen LogP contribution in [0.5, 0.6) is 5.75 Å². The molecule has 0 saturated carbocycles. The van der Waals surface area contributed by atoms with Crippen LogP contribution in [0, 0.1) is 0 Å². The zero-order valence-corrected chi connectivity index (χ0v) is 14.0. The molecule has 1 saturated heterocycles. The molecule has 1 aliphatic heterocycles. The van der Waals surface area contributed by atoms with Crippen molar-refractivity contribution < 1.29 is 9.47 Å². The van der Waals surface area contributed by atoms with Crippen LogP contribution in [0.3, 0.4) is 0 Å². The second kappa shape index (κ2) is 9.61. The highest BCUT2D eigenvalue weighted by Gasteiger charge is 2.09. The normalized spacial score (nSPS) is 15.3. The summed E-state index contributed by atoms with van der Waals surface area (Å²) in [4.78, 5) is 2.42. The molecule has 1 aliphatic rings. The molecule has 22 heavy (non-hydrogen) atoms. The van der Waals surface area contributed by atoms with Gasteiger partial charge in [0.05, 0.1) is 19.8 Å². The average molecular weight is 323 g/mol. The van der Waals surface area contributed by atoms with E-state index in [4.69, 9.17) is 21.7 Å². The van der Waals surface area contributed by atoms with Gasteiger partial charge in [-0.25, -0.2) is 0 Å². The Balaban J connectivity index is 1.63. The average Bonchev–Trinajstić information content (AvgIpc) is 2.53. The van der Waals surface area contributed by atoms with Crippen molar-refractivity contribution >= 4 is 23.0 Å². The number of hydrogen-bond acceptors (Lipinski definition) is 4. The van der Waals surface area contributed by atoms with Crippen LogP contribution in [0.2, 0.25) is 0 Å². The summed E-state index contributed by atoms with van der Waals surface area (Å²) in [6, 6.07) is 7.82. The molecule has 6 heteroatoms. The minimum Gasteiger partial charge on any atom is -0.494 e. The van der Waals surface area contributed by atoms with Crippen molar-refractivity contribution in [3.63, 3.8) is 0 Å². The van der Waals surface area contributed by atoms with Gasteiger partial charge >= 0.3 is 0 Å². The second-order valence-corrected chi connectivity index (χ2v) is 5.56. The Labute approximate surface area is 138 Å². The van der Waals surface area contributed by atoms with Crippen molar-refractivity contribution in [2.24, 2.45) is 0 Å². The number of benzene rings is 1. The van der Waals surface area contributed by atoms with E-state index in [1.54, 1.807) is 0 Å². The Morgan fingerprint density at radius 3 is 2.95 bits per heavy atom. The molecule has 1 aromatic carbocycles. The van der Waals surface area contributed by atoms with Crippen LogP contribution in [0.1, 0.15) is 13.3 Å². The lowest BCUT2D eigenvalue weighted by atomic mass is 10.3. The number of rotatable bonds is 7. The molecule has 1 fully saturated rings. The van der Waals surface area contributed by atoms with Crippen molar-refractivity contribution in [1.82, 2.24) is 10.2 Å². The van der Waals surface area contributed by atoms with Crippen LogP contribution in [0.15, 0.2) is 24.3 Å². The van der Waals surface area contributed by atoms with Crippen LogP contribution in [0.4, 0.5) is 5.69 Å². The number of hydrogen-bond donors (Lipinski definition) is 2. The molecule has 0 aliphatic carbocycles. The van der Waals surface area contributed by atoms with Gasteiger partial charge in [-0.05, 0) is 44.2 Å². The summed E-state index contributed by atoms with van der Waals surface area (Å²) in [5.74, 6) is 0.850. The predicted molar refractivity (Wildman–Crippen MR) is 93.7 cm³/mol. The topological polar surface area (TPSA) is 45.8 Å². The van der Waals surface area contributed by atoms with E-state index in [0.29, 0.717) is 11.7 Å². The summed E-state index contributed by atoms with van der Waals surface area (Å²) in [6.45, 7) is 8.36. The fourth-order valence-corrected chi connectivity index (χ4v) is 2.55. The van der Waals surface area contributed by atoms with E-state index in [1.165, 1.54) is 0 Å². The number of nitrogens with zero attached hydrogens (tertiary/aromatic N) is 1. The molecule has 0 spiro atoms. The van der Waals surface area contributed by atoms with E-state index >= 15 is 0 Å². The molecule has 2 rings (SSSR count). The van der Waals surface area contributed by atoms with Gasteiger partial charge in [0, 0.05) is 31.4 Å². The molecule has 122 valence electrons. The Morgan fingerprint density at radius 1 is 1.36 bits per heavy atom. The summed E-state index contributed by atoms with van der Waals surface area (Å²) in [7, 11) is 0. The molecule has 1 heterocycles. The fraction of sp³-hybridized carbons (Fsp3) is 0.562. The molecule has 0 bridgehead atoms. The monoisotopic (exact) mass is 323 g/mol. The molecular weight excluding hydrogens is 298 g/mol. The zero-order chi connectivity index (χ0) is 15.6. The number of thiocarbonyl (C=S) groups is 1. The van der Waals surface area contributed by atoms with Crippen LogP contribution >= 0.6 is 12.2 Å². The molecule has 0 amide bonds. The maximum absolute atomic E-state index is 5.47. The van der Waals surface area contributed by atoms with Gasteiger partial charge in [0.2, 0.25) is 0 Å². The third-order valence-corrected chi connectivity index (χ3v) is 3.69. The summed E-state index contributed by atoms with van der Waals surface area (Å²) in [5.41, 5.74) is 0.941. The molecule has 1 aromatic rings. The minimum absolute atomic E-state index is 0.649. The van der Waals surface area contributed by atoms with Crippen molar-refractivity contribution in [2.75, 3.05) is 51.3 Å². The molecule has 0 atom stereocenters. The molecule has 5 nitrogen and oxygen atoms in total. The van der Waals surface area contributed by atoms with Gasteiger partial charge in [-0.15, -0.1) is 0 Å². The van der Waals surface area contributed by atoms with E-state index in [0.717, 1.165) is 57.3 Å². The SMILES string of the molecule is CCOc1cccc(NC(=S)NCCCN2CCOCC2)c1. The van der Waals surface area contributed by atoms with Crippen molar-refractivity contribution in [3.8, 4) is 5.75 Å². The number of nitrogens with one attached hydrogen (secondary N) is 2. The zero-order valence-electron chi connectivity index (χ0n) is 13.1. The van der Waals surface area contributed by atoms with Crippen LogP contribution in [-0.4, -0.2) is 56.0 Å². The van der Waals surface area contributed by atoms with E-state index in [1.807, 2.05) is 31.2 Å². The first kappa shape index (κ1) is 17.0. The van der Waals surface area contributed by atoms with Gasteiger partial charge in [0.25, 0.3) is 0 Å². The summed E-state index contributed by atoms with van der Waals surface area (Å²) in [5, 5.41) is 7.08. The lowest BCUT2D eigenvalue weighted by Gasteiger charge is -2.26. The van der Waals surface area contributed by atoms with Gasteiger partial charge in [-0.3, -0.25) is 4.90 Å². The third kappa shape index (κ3) is 6.17. The van der Waals surface area contributed by atoms with E-state index < -0.39 is 0 Å². The van der Waals surface area contributed by atoms with Gasteiger partial charge in [0.1, 0.15) is 5.75 Å². The lowest BCUT2D eigenvalue weighted by molar-refractivity contribution is 0.0376. The number of ether oxygens (including phenoxy) is 2. The van der Waals surface area contributed by atoms with Crippen LogP contribution < -0.4 is 15.4 Å². The number of morpholine rings is 1. The molecule has 2 N–H and O–H groups in total. The largest absolute Gasteiger partial charge is 0.494 e. The first-order valence-electron chi connectivity index (χ1n) is 7.85. The Morgan fingerprint density at radius 2 is 2.18 bits per heavy atom. The molecule has 0 unspecified atom stereocenters. The third-order valence-electron chi connectivity index (χ3n) is 3.44. The van der Waals surface area contributed by atoms with E-state index in [-0.39, 0.29) is 0 Å². The maximum Gasteiger partial charge on any atom is 0.170 e. The lowest BCUT2D eigenvalue weighted by Crippen LogP contribution is -2.38. The second-order valence-electron chi connectivity index (χ2n) is 5.15. The van der Waals surface area contributed by atoms with Crippen molar-refractivity contribution in [3.05, 3.63) is 24.3 Å². The number of anilines is 1. The standard InChI is InChI=1S/C16H25N3O2S/c1-2-21-15-6-3-5-14(13-15)18-16(22)17-7-4-8-19-9-11-20-12-10-19/h3,5-6,13H,2,4,7-12H2,1H3,(H2,17,18,22). The molecule has 0 radical (unpaired) electrons. The Bertz CT molecular complexity index is 464. The minimum atomic E-state index is 0.649. The maximum atomic E-state index is 5.47. The Hall–Kier alpha value is -1.37. The van der Waals surface area contributed by atoms with E-state index in [2.05, 4.69) is 15.5 Å². The Kier molecular flexibility index (Phi) is 7.42. The highest BCUT2D eigenvalue weighted by atomic mass is 32.1. The van der Waals surface area contributed by atoms with Crippen LogP contribution in [0.25, 0.3) is 0 Å². The van der Waals surface area contributed by atoms with Gasteiger partial charge in [0.15, 0.2) is 5.11 Å². The van der Waals surface area contributed by atoms with Crippen molar-refractivity contribution in [2.45, 2.75) is 13.3 Å². The smallest absolute Gasteiger partial charge is 0.170 e. The van der Waals surface area contributed by atoms with Gasteiger partial charge < -0.3 is 20.1 Å². The molecule has 0 aromatic heterocycles. The van der Waals surface area contributed by atoms with E-state index in [9.17, 15) is 0 Å². The predicted octanol–water partition coefficient (Wildman–Crippen LogP) is 2.09. The molecular formula is C16H25N3O2S. The van der Waals surface area contributed by atoms with Gasteiger partial charge in [-0.2, -0.15) is 0 Å². The summed E-state index contributed by atoms with van der Waals surface area (Å²) in [6.07, 6.45) is 1.07. The van der Waals surface area contributed by atoms with Crippen molar-refractivity contribution in [1.29, 1.82) is 0 Å². The first-order chi connectivity index (χ1) is 10.8. The fourth-order valence-electron chi connectivity index (χ4n) is 2.33. The van der Waals surface area contributed by atoms with Crippen LogP contribution in [-0.2, 0) is 4.74 Å².